The van der Waals surface area contributed by atoms with Gasteiger partial charge in [-0.05, 0) is 38.4 Å². The van der Waals surface area contributed by atoms with Crippen molar-refractivity contribution in [3.05, 3.63) is 35.9 Å². The van der Waals surface area contributed by atoms with Gasteiger partial charge in [-0.3, -0.25) is 9.69 Å². The van der Waals surface area contributed by atoms with Gasteiger partial charge in [-0.15, -0.1) is 12.4 Å². The lowest BCUT2D eigenvalue weighted by molar-refractivity contribution is -0.130. The summed E-state index contributed by atoms with van der Waals surface area (Å²) in [5, 5.41) is 2.95. The van der Waals surface area contributed by atoms with E-state index in [4.69, 9.17) is 0 Å². The van der Waals surface area contributed by atoms with Crippen LogP contribution in [0.25, 0.3) is 0 Å². The number of nitrogens with zero attached hydrogens (tertiary/aromatic N) is 2. The molecule has 0 bridgehead atoms. The fourth-order valence-corrected chi connectivity index (χ4v) is 3.03. The fourth-order valence-electron chi connectivity index (χ4n) is 3.03. The average Bonchev–Trinajstić information content (AvgIpc) is 2.93. The van der Waals surface area contributed by atoms with Gasteiger partial charge in [-0.25, -0.2) is 0 Å². The van der Waals surface area contributed by atoms with Crippen LogP contribution in [-0.4, -0.2) is 55.5 Å². The second-order valence-corrected chi connectivity index (χ2v) is 5.84. The molecule has 4 nitrogen and oxygen atoms in total. The van der Waals surface area contributed by atoms with E-state index in [2.05, 4.69) is 47.5 Å². The summed E-state index contributed by atoms with van der Waals surface area (Å²) in [7, 11) is 1.82. The quantitative estimate of drug-likeness (QED) is 0.833. The van der Waals surface area contributed by atoms with Gasteiger partial charge in [0.15, 0.2) is 0 Å². The third kappa shape index (κ3) is 5.59. The van der Waals surface area contributed by atoms with Crippen molar-refractivity contribution in [2.75, 3.05) is 39.8 Å². The number of amides is 1. The van der Waals surface area contributed by atoms with Crippen LogP contribution < -0.4 is 5.32 Å². The maximum Gasteiger partial charge on any atom is 0.236 e. The van der Waals surface area contributed by atoms with Gasteiger partial charge in [0.2, 0.25) is 5.91 Å². The van der Waals surface area contributed by atoms with Gasteiger partial charge in [0.25, 0.3) is 0 Å². The summed E-state index contributed by atoms with van der Waals surface area (Å²) in [5.41, 5.74) is 1.37. The minimum absolute atomic E-state index is 0. The average molecular weight is 326 g/mol. The second-order valence-electron chi connectivity index (χ2n) is 5.84. The first-order valence-corrected chi connectivity index (χ1v) is 7.91. The third-order valence-electron chi connectivity index (χ3n) is 4.16. The van der Waals surface area contributed by atoms with Crippen LogP contribution in [0.1, 0.15) is 18.9 Å². The monoisotopic (exact) mass is 325 g/mol. The number of carbonyl (C=O) groups is 1. The highest BCUT2D eigenvalue weighted by Gasteiger charge is 2.25. The van der Waals surface area contributed by atoms with Gasteiger partial charge < -0.3 is 10.2 Å². The Labute approximate surface area is 140 Å². The lowest BCUT2D eigenvalue weighted by atomic mass is 10.1. The Hall–Kier alpha value is -1.10. The molecule has 2 rings (SSSR count). The van der Waals surface area contributed by atoms with E-state index in [0.717, 1.165) is 32.7 Å². The molecule has 1 atom stereocenters. The molecule has 0 saturated carbocycles. The summed E-state index contributed by atoms with van der Waals surface area (Å²) >= 11 is 0. The van der Waals surface area contributed by atoms with Crippen molar-refractivity contribution in [3.8, 4) is 0 Å². The molecule has 1 heterocycles. The first-order chi connectivity index (χ1) is 10.2. The number of likely N-dealkylation sites (tertiary alicyclic amines) is 1. The smallest absolute Gasteiger partial charge is 0.236 e. The van der Waals surface area contributed by atoms with Crippen LogP contribution in [0, 0.1) is 5.92 Å². The minimum atomic E-state index is 0. The zero-order valence-corrected chi connectivity index (χ0v) is 14.4. The molecule has 1 aliphatic heterocycles. The van der Waals surface area contributed by atoms with Crippen molar-refractivity contribution < 1.29 is 4.79 Å². The SMILES string of the molecule is CCN(CC1CCN(Cc2ccccc2)C1)C(=O)CNC.Cl. The van der Waals surface area contributed by atoms with Gasteiger partial charge in [0.05, 0.1) is 6.54 Å². The van der Waals surface area contributed by atoms with Gasteiger partial charge in [-0.1, -0.05) is 30.3 Å². The molecule has 0 aliphatic carbocycles. The van der Waals surface area contributed by atoms with Gasteiger partial charge in [0, 0.05) is 26.2 Å². The van der Waals surface area contributed by atoms with Crippen LogP contribution in [0.4, 0.5) is 0 Å². The number of nitrogens with one attached hydrogen (secondary N) is 1. The highest BCUT2D eigenvalue weighted by atomic mass is 35.5. The molecule has 1 saturated heterocycles. The zero-order valence-electron chi connectivity index (χ0n) is 13.6. The Morgan fingerprint density at radius 2 is 2.09 bits per heavy atom. The Kier molecular flexibility index (Phi) is 8.46. The van der Waals surface area contributed by atoms with Crippen LogP contribution in [-0.2, 0) is 11.3 Å². The molecule has 0 radical (unpaired) electrons. The van der Waals surface area contributed by atoms with Crippen molar-refractivity contribution in [2.24, 2.45) is 5.92 Å². The van der Waals surface area contributed by atoms with E-state index < -0.39 is 0 Å². The number of halogens is 1. The number of carbonyl (C=O) groups excluding carboxylic acids is 1. The Morgan fingerprint density at radius 1 is 1.36 bits per heavy atom. The van der Waals surface area contributed by atoms with Crippen LogP contribution >= 0.6 is 12.4 Å². The summed E-state index contributed by atoms with van der Waals surface area (Å²) in [6.45, 7) is 7.44. The van der Waals surface area contributed by atoms with E-state index in [9.17, 15) is 4.79 Å². The standard InChI is InChI=1S/C17H27N3O.ClH/c1-3-20(17(21)11-18-2)14-16-9-10-19(13-16)12-15-7-5-4-6-8-15;/h4-8,16,18H,3,9-14H2,1-2H3;1H. The highest BCUT2D eigenvalue weighted by molar-refractivity contribution is 5.85. The topological polar surface area (TPSA) is 35.6 Å². The Morgan fingerprint density at radius 3 is 2.73 bits per heavy atom. The van der Waals surface area contributed by atoms with E-state index in [1.54, 1.807) is 0 Å². The molecule has 1 N–H and O–H groups in total. The molecular formula is C17H28ClN3O. The maximum atomic E-state index is 12.0. The van der Waals surface area contributed by atoms with Crippen molar-refractivity contribution in [3.63, 3.8) is 0 Å². The van der Waals surface area contributed by atoms with Gasteiger partial charge >= 0.3 is 0 Å². The van der Waals surface area contributed by atoms with E-state index in [-0.39, 0.29) is 18.3 Å². The van der Waals surface area contributed by atoms with E-state index in [0.29, 0.717) is 12.5 Å². The third-order valence-corrected chi connectivity index (χ3v) is 4.16. The predicted octanol–water partition coefficient (Wildman–Crippen LogP) is 2.00. The van der Waals surface area contributed by atoms with E-state index in [1.165, 1.54) is 12.0 Å². The largest absolute Gasteiger partial charge is 0.342 e. The molecule has 1 fully saturated rings. The molecule has 124 valence electrons. The van der Waals surface area contributed by atoms with Crippen LogP contribution in [0.2, 0.25) is 0 Å². The highest BCUT2D eigenvalue weighted by Crippen LogP contribution is 2.19. The lowest BCUT2D eigenvalue weighted by Crippen LogP contribution is -2.40. The van der Waals surface area contributed by atoms with Gasteiger partial charge in [0.1, 0.15) is 0 Å². The summed E-state index contributed by atoms with van der Waals surface area (Å²) in [6, 6.07) is 10.6. The van der Waals surface area contributed by atoms with Crippen molar-refractivity contribution in [1.29, 1.82) is 0 Å². The molecule has 1 amide bonds. The lowest BCUT2D eigenvalue weighted by Gasteiger charge is -2.24. The zero-order chi connectivity index (χ0) is 15.1. The minimum Gasteiger partial charge on any atom is -0.342 e. The summed E-state index contributed by atoms with van der Waals surface area (Å²) in [4.78, 5) is 16.5. The molecule has 5 heteroatoms. The van der Waals surface area contributed by atoms with Gasteiger partial charge in [-0.2, -0.15) is 0 Å². The predicted molar refractivity (Wildman–Crippen MR) is 93.3 cm³/mol. The first kappa shape index (κ1) is 18.9. The number of hydrogen-bond donors (Lipinski definition) is 1. The fraction of sp³-hybridized carbons (Fsp3) is 0.588. The number of likely N-dealkylation sites (N-methyl/N-ethyl adjacent to an activating group) is 2. The molecule has 22 heavy (non-hydrogen) atoms. The van der Waals surface area contributed by atoms with Crippen molar-refractivity contribution in [1.82, 2.24) is 15.1 Å². The van der Waals surface area contributed by atoms with Crippen molar-refractivity contribution >= 4 is 18.3 Å². The van der Waals surface area contributed by atoms with Crippen LogP contribution in [0.15, 0.2) is 30.3 Å². The molecule has 0 aromatic heterocycles. The summed E-state index contributed by atoms with van der Waals surface area (Å²) < 4.78 is 0. The normalized spacial score (nSPS) is 18.0. The summed E-state index contributed by atoms with van der Waals surface area (Å²) in [6.07, 6.45) is 1.19. The van der Waals surface area contributed by atoms with Crippen LogP contribution in [0.3, 0.4) is 0 Å². The van der Waals surface area contributed by atoms with Crippen molar-refractivity contribution in [2.45, 2.75) is 19.9 Å². The molecular weight excluding hydrogens is 298 g/mol. The molecule has 1 unspecified atom stereocenters. The summed E-state index contributed by atoms with van der Waals surface area (Å²) in [5.74, 6) is 0.816. The molecule has 1 aliphatic rings. The van der Waals surface area contributed by atoms with E-state index >= 15 is 0 Å². The molecule has 0 spiro atoms. The van der Waals surface area contributed by atoms with E-state index in [1.807, 2.05) is 11.9 Å². The Bertz CT molecular complexity index is 441. The van der Waals surface area contributed by atoms with Crippen LogP contribution in [0.5, 0.6) is 0 Å². The maximum absolute atomic E-state index is 12.0. The molecule has 1 aromatic rings. The number of rotatable bonds is 7. The number of hydrogen-bond acceptors (Lipinski definition) is 3. The molecule has 1 aromatic carbocycles. The number of benzene rings is 1. The first-order valence-electron chi connectivity index (χ1n) is 7.91. The second kappa shape index (κ2) is 9.82. The Balaban J connectivity index is 0.00000242.